The summed E-state index contributed by atoms with van der Waals surface area (Å²) in [6.45, 7) is 6.96. The fourth-order valence-corrected chi connectivity index (χ4v) is 5.15. The van der Waals surface area contributed by atoms with Crippen molar-refractivity contribution in [3.63, 3.8) is 0 Å². The molecule has 13 heteroatoms. The Morgan fingerprint density at radius 3 is 2.69 bits per heavy atom. The van der Waals surface area contributed by atoms with Gasteiger partial charge in [0.1, 0.15) is 28.5 Å². The molecule has 0 unspecified atom stereocenters. The van der Waals surface area contributed by atoms with Gasteiger partial charge >= 0.3 is 0 Å². The molecule has 1 heterocycles. The molecule has 0 bridgehead atoms. The van der Waals surface area contributed by atoms with E-state index in [1.165, 1.54) is 30.4 Å². The number of hydrogen-bond acceptors (Lipinski definition) is 7. The number of sulfonamides is 1. The Hall–Kier alpha value is -3.22. The molecule has 1 aliphatic rings. The van der Waals surface area contributed by atoms with E-state index in [4.69, 9.17) is 4.74 Å². The second-order valence-corrected chi connectivity index (χ2v) is 9.99. The maximum absolute atomic E-state index is 15.0. The van der Waals surface area contributed by atoms with E-state index in [1.54, 1.807) is 14.0 Å². The quantitative estimate of drug-likeness (QED) is 0.314. The summed E-state index contributed by atoms with van der Waals surface area (Å²) >= 11 is 0. The van der Waals surface area contributed by atoms with E-state index >= 15 is 0 Å². The van der Waals surface area contributed by atoms with E-state index < -0.39 is 62.6 Å². The first-order valence-electron chi connectivity index (χ1n) is 10.5. The highest BCUT2D eigenvalue weighted by Crippen LogP contribution is 2.48. The van der Waals surface area contributed by atoms with Crippen molar-refractivity contribution in [2.45, 2.75) is 49.5 Å². The summed E-state index contributed by atoms with van der Waals surface area (Å²) in [5, 5.41) is 5.47. The van der Waals surface area contributed by atoms with Gasteiger partial charge in [-0.25, -0.2) is 35.9 Å². The Morgan fingerprint density at radius 2 is 2.06 bits per heavy atom. The Labute approximate surface area is 200 Å². The maximum Gasteiger partial charge on any atom is 0.266 e. The molecule has 1 fully saturated rings. The van der Waals surface area contributed by atoms with Gasteiger partial charge in [-0.05, 0) is 26.3 Å². The van der Waals surface area contributed by atoms with Crippen LogP contribution >= 0.6 is 0 Å². The molecule has 0 spiro atoms. The van der Waals surface area contributed by atoms with Crippen LogP contribution in [0.15, 0.2) is 53.0 Å². The topological polar surface area (TPSA) is 96.8 Å². The highest BCUT2D eigenvalue weighted by atomic mass is 32.2. The maximum atomic E-state index is 15.0. The van der Waals surface area contributed by atoms with Crippen molar-refractivity contribution < 1.29 is 30.7 Å². The summed E-state index contributed by atoms with van der Waals surface area (Å²) in [6.07, 6.45) is 2.55. The number of alkyl halides is 2. The van der Waals surface area contributed by atoms with E-state index in [0.29, 0.717) is 17.8 Å². The van der Waals surface area contributed by atoms with Crippen molar-refractivity contribution in [1.82, 2.24) is 15.0 Å². The fourth-order valence-electron chi connectivity index (χ4n) is 4.07. The smallest absolute Gasteiger partial charge is 0.266 e. The fraction of sp³-hybridized carbons (Fsp3) is 0.409. The standard InChI is InChI=1S/C22H25F4N5O3S/c1-5-29-31(4)14(2)15-6-8-22(25,26)12-21(15,3)34-18-10-17(24)19(11-16(18)23)35(32,33)30-20-7-9-27-13-28-20/h5,7,9-11,13,15H,2,6,8,12H2,1,3-4H3,(H,27,28,30)/b29-5-/t15-,21+/m1/s1. The number of anilines is 1. The van der Waals surface area contributed by atoms with Crippen LogP contribution in [0.3, 0.4) is 0 Å². The third kappa shape index (κ3) is 5.89. The number of hydrazone groups is 1. The van der Waals surface area contributed by atoms with Crippen LogP contribution in [0.4, 0.5) is 23.4 Å². The summed E-state index contributed by atoms with van der Waals surface area (Å²) in [7, 11) is -2.98. The molecule has 1 N–H and O–H groups in total. The molecule has 1 aromatic heterocycles. The van der Waals surface area contributed by atoms with Gasteiger partial charge in [-0.1, -0.05) is 6.58 Å². The molecule has 35 heavy (non-hydrogen) atoms. The number of nitrogens with zero attached hydrogens (tertiary/aromatic N) is 4. The lowest BCUT2D eigenvalue weighted by atomic mass is 9.73. The zero-order valence-corrected chi connectivity index (χ0v) is 20.1. The number of aromatic nitrogens is 2. The molecule has 0 aliphatic heterocycles. The Bertz CT molecular complexity index is 1230. The zero-order valence-electron chi connectivity index (χ0n) is 19.3. The first-order valence-corrected chi connectivity index (χ1v) is 12.0. The molecule has 1 aromatic carbocycles. The minimum Gasteiger partial charge on any atom is -0.483 e. The summed E-state index contributed by atoms with van der Waals surface area (Å²) in [4.78, 5) is 6.31. The SMILES string of the molecule is C=C([C@H]1CCC(F)(F)C[C@]1(C)Oc1cc(F)c(S(=O)(=O)Nc2ccncn2)cc1F)N(C)/N=C\C. The Kier molecular flexibility index (Phi) is 7.39. The Balaban J connectivity index is 1.95. The summed E-state index contributed by atoms with van der Waals surface area (Å²) < 4.78 is 91.4. The minimum absolute atomic E-state index is 0.0364. The van der Waals surface area contributed by atoms with Gasteiger partial charge in [0.25, 0.3) is 15.9 Å². The van der Waals surface area contributed by atoms with Crippen LogP contribution in [-0.4, -0.2) is 48.2 Å². The average Bonchev–Trinajstić information content (AvgIpc) is 2.75. The van der Waals surface area contributed by atoms with E-state index in [0.717, 1.165) is 6.33 Å². The van der Waals surface area contributed by atoms with Crippen molar-refractivity contribution in [3.05, 3.63) is 54.6 Å². The van der Waals surface area contributed by atoms with E-state index in [-0.39, 0.29) is 12.2 Å². The first kappa shape index (κ1) is 26.4. The Morgan fingerprint density at radius 1 is 1.34 bits per heavy atom. The lowest BCUT2D eigenvalue weighted by molar-refractivity contribution is -0.129. The van der Waals surface area contributed by atoms with Crippen LogP contribution in [0, 0.1) is 17.6 Å². The van der Waals surface area contributed by atoms with E-state index in [2.05, 4.69) is 21.6 Å². The highest BCUT2D eigenvalue weighted by Gasteiger charge is 2.52. The van der Waals surface area contributed by atoms with Gasteiger partial charge in [0.05, 0.1) is 6.42 Å². The third-order valence-electron chi connectivity index (χ3n) is 5.69. The van der Waals surface area contributed by atoms with Crippen molar-refractivity contribution >= 4 is 22.1 Å². The van der Waals surface area contributed by atoms with Gasteiger partial charge in [0.15, 0.2) is 11.6 Å². The summed E-state index contributed by atoms with van der Waals surface area (Å²) in [5.41, 5.74) is -1.33. The van der Waals surface area contributed by atoms with Crippen LogP contribution < -0.4 is 9.46 Å². The van der Waals surface area contributed by atoms with Gasteiger partial charge in [0, 0.05) is 49.6 Å². The molecular weight excluding hydrogens is 490 g/mol. The van der Waals surface area contributed by atoms with Crippen molar-refractivity contribution in [2.75, 3.05) is 11.8 Å². The second kappa shape index (κ2) is 9.80. The van der Waals surface area contributed by atoms with Crippen molar-refractivity contribution in [1.29, 1.82) is 0 Å². The normalized spacial score (nSPS) is 22.1. The number of nitrogens with one attached hydrogen (secondary N) is 1. The molecule has 0 radical (unpaired) electrons. The average molecular weight is 516 g/mol. The molecule has 1 saturated carbocycles. The van der Waals surface area contributed by atoms with E-state index in [9.17, 15) is 26.0 Å². The number of halogens is 4. The lowest BCUT2D eigenvalue weighted by Gasteiger charge is -2.46. The minimum atomic E-state index is -4.56. The summed E-state index contributed by atoms with van der Waals surface area (Å²) in [5.74, 6) is -7.26. The van der Waals surface area contributed by atoms with Crippen molar-refractivity contribution in [2.24, 2.45) is 11.0 Å². The largest absolute Gasteiger partial charge is 0.483 e. The van der Waals surface area contributed by atoms with Gasteiger partial charge in [-0.3, -0.25) is 9.73 Å². The molecule has 190 valence electrons. The van der Waals surface area contributed by atoms with Gasteiger partial charge in [-0.15, -0.1) is 0 Å². The first-order chi connectivity index (χ1) is 16.3. The second-order valence-electron chi connectivity index (χ2n) is 8.34. The number of hydrogen-bond donors (Lipinski definition) is 1. The molecule has 0 saturated heterocycles. The summed E-state index contributed by atoms with van der Waals surface area (Å²) in [6, 6.07) is 2.17. The molecular formula is C22H25F4N5O3S. The number of benzene rings is 1. The van der Waals surface area contributed by atoms with Crippen LogP contribution in [0.2, 0.25) is 0 Å². The molecule has 0 amide bonds. The monoisotopic (exact) mass is 515 g/mol. The predicted molar refractivity (Wildman–Crippen MR) is 122 cm³/mol. The van der Waals surface area contributed by atoms with Crippen LogP contribution in [0.25, 0.3) is 0 Å². The van der Waals surface area contributed by atoms with Gasteiger partial charge < -0.3 is 4.74 Å². The molecule has 3 rings (SSSR count). The predicted octanol–water partition coefficient (Wildman–Crippen LogP) is 4.58. The highest BCUT2D eigenvalue weighted by molar-refractivity contribution is 7.92. The van der Waals surface area contributed by atoms with Crippen LogP contribution in [-0.2, 0) is 10.0 Å². The van der Waals surface area contributed by atoms with Gasteiger partial charge in [-0.2, -0.15) is 5.10 Å². The van der Waals surface area contributed by atoms with Gasteiger partial charge in [0.2, 0.25) is 0 Å². The lowest BCUT2D eigenvalue weighted by Crippen LogP contribution is -2.51. The molecule has 8 nitrogen and oxygen atoms in total. The molecule has 2 aromatic rings. The zero-order chi connectivity index (χ0) is 26.0. The number of ether oxygens (including phenoxy) is 1. The third-order valence-corrected chi connectivity index (χ3v) is 7.06. The molecule has 1 aliphatic carbocycles. The van der Waals surface area contributed by atoms with E-state index in [1.807, 2.05) is 4.72 Å². The van der Waals surface area contributed by atoms with Crippen molar-refractivity contribution in [3.8, 4) is 5.75 Å². The van der Waals surface area contributed by atoms with Crippen LogP contribution in [0.5, 0.6) is 5.75 Å². The number of rotatable bonds is 8. The molecule has 2 atom stereocenters. The van der Waals surface area contributed by atoms with Crippen LogP contribution in [0.1, 0.15) is 33.1 Å².